The number of carboxylic acid groups (broad SMARTS) is 1. The molecule has 1 rings (SSSR count). The molecule has 0 saturated heterocycles. The van der Waals surface area contributed by atoms with Gasteiger partial charge in [-0.2, -0.15) is 0 Å². The van der Waals surface area contributed by atoms with E-state index in [1.54, 1.807) is 19.1 Å². The third-order valence-electron chi connectivity index (χ3n) is 2.52. The summed E-state index contributed by atoms with van der Waals surface area (Å²) in [6.07, 6.45) is 2.14. The lowest BCUT2D eigenvalue weighted by molar-refractivity contribution is -0.138. The zero-order chi connectivity index (χ0) is 12.0. The normalized spacial score (nSPS) is 12.1. The van der Waals surface area contributed by atoms with Crippen molar-refractivity contribution in [2.45, 2.75) is 32.6 Å². The summed E-state index contributed by atoms with van der Waals surface area (Å²) < 4.78 is 5.49. The van der Waals surface area contributed by atoms with Crippen LogP contribution in [0.25, 0.3) is 0 Å². The first-order valence-electron chi connectivity index (χ1n) is 5.60. The van der Waals surface area contributed by atoms with E-state index in [0.717, 1.165) is 24.2 Å². The van der Waals surface area contributed by atoms with Gasteiger partial charge in [-0.25, -0.2) is 0 Å². The van der Waals surface area contributed by atoms with Crippen molar-refractivity contribution < 1.29 is 14.6 Å². The van der Waals surface area contributed by atoms with Crippen molar-refractivity contribution in [1.82, 2.24) is 0 Å². The molecular weight excluding hydrogens is 204 g/mol. The van der Waals surface area contributed by atoms with Crippen molar-refractivity contribution in [2.75, 3.05) is 6.61 Å². The van der Waals surface area contributed by atoms with Crippen molar-refractivity contribution in [3.8, 4) is 5.75 Å². The lowest BCUT2D eigenvalue weighted by Crippen LogP contribution is -2.07. The second-order valence-corrected chi connectivity index (χ2v) is 3.83. The van der Waals surface area contributed by atoms with Crippen molar-refractivity contribution in [3.05, 3.63) is 29.8 Å². The summed E-state index contributed by atoms with van der Waals surface area (Å²) in [7, 11) is 0. The third kappa shape index (κ3) is 3.57. The summed E-state index contributed by atoms with van der Waals surface area (Å²) in [5, 5.41) is 8.85. The lowest BCUT2D eigenvalue weighted by atomic mass is 10.0. The van der Waals surface area contributed by atoms with Gasteiger partial charge in [-0.3, -0.25) is 4.79 Å². The number of ether oxygens (including phenoxy) is 1. The smallest absolute Gasteiger partial charge is 0.310 e. The molecule has 0 aliphatic rings. The Labute approximate surface area is 96.1 Å². The molecule has 0 aliphatic carbocycles. The van der Waals surface area contributed by atoms with Crippen LogP contribution in [0.2, 0.25) is 0 Å². The second-order valence-electron chi connectivity index (χ2n) is 3.83. The predicted octanol–water partition coefficient (Wildman–Crippen LogP) is 3.05. The molecule has 1 atom stereocenters. The van der Waals surface area contributed by atoms with E-state index >= 15 is 0 Å². The zero-order valence-electron chi connectivity index (χ0n) is 9.77. The van der Waals surface area contributed by atoms with Gasteiger partial charge >= 0.3 is 5.97 Å². The maximum absolute atomic E-state index is 10.8. The van der Waals surface area contributed by atoms with Gasteiger partial charge in [-0.05, 0) is 31.0 Å². The first-order valence-corrected chi connectivity index (χ1v) is 5.60. The molecule has 1 aromatic carbocycles. The number of carboxylic acids is 1. The Hall–Kier alpha value is -1.51. The summed E-state index contributed by atoms with van der Waals surface area (Å²) in [5.74, 6) is -0.473. The quantitative estimate of drug-likeness (QED) is 0.752. The minimum Gasteiger partial charge on any atom is -0.494 e. The Morgan fingerprint density at radius 3 is 2.50 bits per heavy atom. The molecule has 0 heterocycles. The van der Waals surface area contributed by atoms with Gasteiger partial charge in [0.1, 0.15) is 5.75 Å². The molecule has 0 aromatic heterocycles. The van der Waals surface area contributed by atoms with Crippen LogP contribution in [0.4, 0.5) is 0 Å². The molecule has 0 unspecified atom stereocenters. The van der Waals surface area contributed by atoms with E-state index in [2.05, 4.69) is 6.92 Å². The molecule has 3 heteroatoms. The van der Waals surface area contributed by atoms with Crippen LogP contribution in [0, 0.1) is 0 Å². The van der Waals surface area contributed by atoms with E-state index in [-0.39, 0.29) is 0 Å². The summed E-state index contributed by atoms with van der Waals surface area (Å²) in [6, 6.07) is 7.26. The van der Waals surface area contributed by atoms with Gasteiger partial charge in [-0.15, -0.1) is 0 Å². The molecule has 0 radical (unpaired) electrons. The molecular formula is C13H18O3. The van der Waals surface area contributed by atoms with Crippen molar-refractivity contribution in [3.63, 3.8) is 0 Å². The molecule has 0 fully saturated rings. The van der Waals surface area contributed by atoms with Crippen molar-refractivity contribution in [2.24, 2.45) is 0 Å². The SMILES string of the molecule is CCCCOc1ccc([C@@H](C)C(=O)O)cc1. The molecule has 0 amide bonds. The fourth-order valence-corrected chi connectivity index (χ4v) is 1.33. The number of rotatable bonds is 6. The molecule has 1 aromatic rings. The monoisotopic (exact) mass is 222 g/mol. The van der Waals surface area contributed by atoms with Crippen LogP contribution in [0.15, 0.2) is 24.3 Å². The van der Waals surface area contributed by atoms with Gasteiger partial charge in [0.25, 0.3) is 0 Å². The molecule has 0 aliphatic heterocycles. The molecule has 3 nitrogen and oxygen atoms in total. The molecule has 0 saturated carbocycles. The molecule has 0 spiro atoms. The molecule has 1 N–H and O–H groups in total. The summed E-state index contributed by atoms with van der Waals surface area (Å²) in [4.78, 5) is 10.8. The van der Waals surface area contributed by atoms with Gasteiger partial charge in [0, 0.05) is 0 Å². The second kappa shape index (κ2) is 6.16. The highest BCUT2D eigenvalue weighted by Crippen LogP contribution is 2.19. The van der Waals surface area contributed by atoms with Crippen molar-refractivity contribution in [1.29, 1.82) is 0 Å². The van der Waals surface area contributed by atoms with E-state index in [1.165, 1.54) is 0 Å². The van der Waals surface area contributed by atoms with Crippen LogP contribution in [0.3, 0.4) is 0 Å². The van der Waals surface area contributed by atoms with Gasteiger partial charge in [0.15, 0.2) is 0 Å². The minimum absolute atomic E-state index is 0.468. The standard InChI is InChI=1S/C13H18O3/c1-3-4-9-16-12-7-5-11(6-8-12)10(2)13(14)15/h5-8,10H,3-4,9H2,1-2H3,(H,14,15)/t10-/m1/s1. The lowest BCUT2D eigenvalue weighted by Gasteiger charge is -2.08. The topological polar surface area (TPSA) is 46.5 Å². The Morgan fingerprint density at radius 1 is 1.38 bits per heavy atom. The van der Waals surface area contributed by atoms with E-state index in [0.29, 0.717) is 6.61 Å². The highest BCUT2D eigenvalue weighted by atomic mass is 16.5. The van der Waals surface area contributed by atoms with Crippen LogP contribution in [-0.4, -0.2) is 17.7 Å². The van der Waals surface area contributed by atoms with Crippen LogP contribution >= 0.6 is 0 Å². The fraction of sp³-hybridized carbons (Fsp3) is 0.462. The predicted molar refractivity (Wildman–Crippen MR) is 62.9 cm³/mol. The molecule has 0 bridgehead atoms. The van der Waals surface area contributed by atoms with Gasteiger partial charge in [0.05, 0.1) is 12.5 Å². The van der Waals surface area contributed by atoms with Gasteiger partial charge < -0.3 is 9.84 Å². The van der Waals surface area contributed by atoms with E-state index < -0.39 is 11.9 Å². The first-order chi connectivity index (χ1) is 7.65. The average molecular weight is 222 g/mol. The number of hydrogen-bond acceptors (Lipinski definition) is 2. The molecule has 88 valence electrons. The van der Waals surface area contributed by atoms with Crippen LogP contribution in [0.5, 0.6) is 5.75 Å². The Balaban J connectivity index is 2.57. The number of hydrogen-bond donors (Lipinski definition) is 1. The van der Waals surface area contributed by atoms with Crippen molar-refractivity contribution >= 4 is 5.97 Å². The summed E-state index contributed by atoms with van der Waals surface area (Å²) in [6.45, 7) is 4.50. The van der Waals surface area contributed by atoms with Crippen LogP contribution < -0.4 is 4.74 Å². The minimum atomic E-state index is -0.806. The largest absolute Gasteiger partial charge is 0.494 e. The highest BCUT2D eigenvalue weighted by Gasteiger charge is 2.12. The maximum Gasteiger partial charge on any atom is 0.310 e. The van der Waals surface area contributed by atoms with E-state index in [1.807, 2.05) is 12.1 Å². The number of carbonyl (C=O) groups is 1. The average Bonchev–Trinajstić information content (AvgIpc) is 2.29. The summed E-state index contributed by atoms with van der Waals surface area (Å²) in [5.41, 5.74) is 0.801. The Bertz CT molecular complexity index is 330. The first kappa shape index (κ1) is 12.6. The van der Waals surface area contributed by atoms with Gasteiger partial charge in [0.2, 0.25) is 0 Å². The third-order valence-corrected chi connectivity index (χ3v) is 2.52. The van der Waals surface area contributed by atoms with E-state index in [9.17, 15) is 4.79 Å². The Morgan fingerprint density at radius 2 is 2.00 bits per heavy atom. The van der Waals surface area contributed by atoms with E-state index in [4.69, 9.17) is 9.84 Å². The number of benzene rings is 1. The van der Waals surface area contributed by atoms with Crippen LogP contribution in [-0.2, 0) is 4.79 Å². The number of unbranched alkanes of at least 4 members (excludes halogenated alkanes) is 1. The highest BCUT2D eigenvalue weighted by molar-refractivity contribution is 5.75. The van der Waals surface area contributed by atoms with Gasteiger partial charge in [-0.1, -0.05) is 25.5 Å². The molecule has 16 heavy (non-hydrogen) atoms. The summed E-state index contributed by atoms with van der Waals surface area (Å²) >= 11 is 0. The fourth-order valence-electron chi connectivity index (χ4n) is 1.33. The van der Waals surface area contributed by atoms with Crippen LogP contribution in [0.1, 0.15) is 38.2 Å². The Kier molecular flexibility index (Phi) is 4.83. The number of aliphatic carboxylic acids is 1. The zero-order valence-corrected chi connectivity index (χ0v) is 9.77. The maximum atomic E-state index is 10.8.